The van der Waals surface area contributed by atoms with Crippen LogP contribution in [0, 0.1) is 0 Å². The highest BCUT2D eigenvalue weighted by atomic mass is 35.5. The van der Waals surface area contributed by atoms with Crippen LogP contribution in [0.5, 0.6) is 5.75 Å². The van der Waals surface area contributed by atoms with Crippen molar-refractivity contribution in [3.63, 3.8) is 0 Å². The third kappa shape index (κ3) is 3.14. The number of hydrogen-bond donors (Lipinski definition) is 1. The third-order valence-corrected chi connectivity index (χ3v) is 4.32. The van der Waals surface area contributed by atoms with Gasteiger partial charge in [-0.15, -0.1) is 15.3 Å². The van der Waals surface area contributed by atoms with Crippen LogP contribution < -0.4 is 10.1 Å². The third-order valence-electron chi connectivity index (χ3n) is 4.08. The average Bonchev–Trinajstić information content (AvgIpc) is 2.92. The number of rotatable bonds is 2. The maximum absolute atomic E-state index is 13.0. The van der Waals surface area contributed by atoms with E-state index in [1.807, 2.05) is 6.07 Å². The maximum atomic E-state index is 13.0. The molecule has 1 aliphatic heterocycles. The number of fused-ring (bicyclic) bond motifs is 2. The Labute approximate surface area is 150 Å². The Hall–Kier alpha value is -2.55. The van der Waals surface area contributed by atoms with E-state index in [0.717, 1.165) is 18.4 Å². The number of halogens is 4. The molecule has 0 saturated carbocycles. The summed E-state index contributed by atoms with van der Waals surface area (Å²) in [6.07, 6.45) is -3.11. The molecule has 1 atom stereocenters. The monoisotopic (exact) mass is 383 g/mol. The van der Waals surface area contributed by atoms with Crippen molar-refractivity contribution in [2.75, 3.05) is 11.9 Å². The Kier molecular flexibility index (Phi) is 4.10. The number of nitrogens with zero attached hydrogens (tertiary/aromatic N) is 4. The van der Waals surface area contributed by atoms with Gasteiger partial charge in [-0.3, -0.25) is 0 Å². The zero-order chi connectivity index (χ0) is 18.3. The van der Waals surface area contributed by atoms with Crippen molar-refractivity contribution in [2.45, 2.75) is 25.1 Å². The molecule has 0 saturated heterocycles. The van der Waals surface area contributed by atoms with E-state index in [1.165, 1.54) is 6.07 Å². The van der Waals surface area contributed by atoms with Gasteiger partial charge in [0.2, 0.25) is 0 Å². The summed E-state index contributed by atoms with van der Waals surface area (Å²) in [6.45, 7) is 0.543. The van der Waals surface area contributed by atoms with Crippen molar-refractivity contribution in [1.82, 2.24) is 19.8 Å². The molecule has 3 aromatic rings. The van der Waals surface area contributed by atoms with Gasteiger partial charge >= 0.3 is 6.18 Å². The van der Waals surface area contributed by atoms with Crippen molar-refractivity contribution >= 4 is 23.1 Å². The lowest BCUT2D eigenvalue weighted by atomic mass is 10.0. The highest BCUT2D eigenvalue weighted by Gasteiger charge is 2.37. The lowest BCUT2D eigenvalue weighted by Crippen LogP contribution is -2.15. The predicted molar refractivity (Wildman–Crippen MR) is 88.3 cm³/mol. The van der Waals surface area contributed by atoms with Crippen molar-refractivity contribution in [3.8, 4) is 5.75 Å². The fraction of sp³-hybridized carbons (Fsp3) is 0.312. The fourth-order valence-corrected chi connectivity index (χ4v) is 3.08. The summed E-state index contributed by atoms with van der Waals surface area (Å²) in [5, 5.41) is 14.4. The van der Waals surface area contributed by atoms with Crippen LogP contribution in [0.4, 0.5) is 19.0 Å². The molecule has 6 nitrogen and oxygen atoms in total. The van der Waals surface area contributed by atoms with Crippen LogP contribution in [-0.4, -0.2) is 26.4 Å². The largest absolute Gasteiger partial charge is 0.493 e. The smallest absolute Gasteiger partial charge is 0.453 e. The number of nitrogens with one attached hydrogen (secondary N) is 1. The van der Waals surface area contributed by atoms with Crippen LogP contribution in [0.2, 0.25) is 5.02 Å². The minimum absolute atomic E-state index is 0.0271. The lowest BCUT2D eigenvalue weighted by molar-refractivity contribution is -0.146. The molecular formula is C16H13ClF3N5O. The molecule has 4 rings (SSSR count). The second-order valence-electron chi connectivity index (χ2n) is 5.88. The van der Waals surface area contributed by atoms with Crippen LogP contribution in [0.25, 0.3) is 5.65 Å². The molecule has 0 bridgehead atoms. The molecule has 1 aromatic carbocycles. The Bertz CT molecular complexity index is 959. The number of alkyl halides is 3. The zero-order valence-corrected chi connectivity index (χ0v) is 14.1. The molecule has 1 aliphatic rings. The van der Waals surface area contributed by atoms with Crippen molar-refractivity contribution in [1.29, 1.82) is 0 Å². The molecule has 1 N–H and O–H groups in total. The molecule has 26 heavy (non-hydrogen) atoms. The molecule has 0 amide bonds. The Morgan fingerprint density at radius 3 is 2.85 bits per heavy atom. The summed E-state index contributed by atoms with van der Waals surface area (Å²) in [5.41, 5.74) is 0.910. The zero-order valence-electron chi connectivity index (χ0n) is 13.3. The minimum Gasteiger partial charge on any atom is -0.493 e. The standard InChI is InChI=1S/C16H13ClF3N5O/c17-9-3-4-10-11(2-1-7-26-12(10)8-9)21-13-5-6-14-22-23-15(16(18,19)20)25(14)24-13/h3-6,8,11H,1-2,7H2,(H,21,24). The molecular weight excluding hydrogens is 371 g/mol. The highest BCUT2D eigenvalue weighted by Crippen LogP contribution is 2.35. The Balaban J connectivity index is 1.69. The molecule has 0 radical (unpaired) electrons. The molecule has 1 unspecified atom stereocenters. The minimum atomic E-state index is -4.63. The van der Waals surface area contributed by atoms with E-state index in [4.69, 9.17) is 16.3 Å². The summed E-state index contributed by atoms with van der Waals surface area (Å²) in [6, 6.07) is 8.18. The number of hydrogen-bond acceptors (Lipinski definition) is 5. The summed E-state index contributed by atoms with van der Waals surface area (Å²) >= 11 is 6.01. The summed E-state index contributed by atoms with van der Waals surface area (Å²) in [5.74, 6) is -0.211. The second kappa shape index (κ2) is 6.31. The van der Waals surface area contributed by atoms with Gasteiger partial charge in [0.05, 0.1) is 12.6 Å². The quantitative estimate of drug-likeness (QED) is 0.721. The first-order chi connectivity index (χ1) is 12.4. The van der Waals surface area contributed by atoms with E-state index in [1.54, 1.807) is 18.2 Å². The van der Waals surface area contributed by atoms with Gasteiger partial charge in [-0.25, -0.2) is 0 Å². The van der Waals surface area contributed by atoms with E-state index < -0.39 is 12.0 Å². The van der Waals surface area contributed by atoms with Crippen molar-refractivity contribution in [3.05, 3.63) is 46.7 Å². The summed E-state index contributed by atoms with van der Waals surface area (Å²) in [7, 11) is 0. The van der Waals surface area contributed by atoms with Gasteiger partial charge in [-0.1, -0.05) is 17.7 Å². The second-order valence-corrected chi connectivity index (χ2v) is 6.32. The van der Waals surface area contributed by atoms with E-state index in [0.29, 0.717) is 21.9 Å². The topological polar surface area (TPSA) is 64.3 Å². The van der Waals surface area contributed by atoms with Crippen LogP contribution >= 0.6 is 11.6 Å². The van der Waals surface area contributed by atoms with Gasteiger partial charge in [0.25, 0.3) is 5.82 Å². The van der Waals surface area contributed by atoms with Gasteiger partial charge < -0.3 is 10.1 Å². The van der Waals surface area contributed by atoms with Crippen LogP contribution in [0.15, 0.2) is 30.3 Å². The van der Waals surface area contributed by atoms with Crippen LogP contribution in [-0.2, 0) is 6.18 Å². The summed E-state index contributed by atoms with van der Waals surface area (Å²) in [4.78, 5) is 0. The number of benzene rings is 1. The van der Waals surface area contributed by atoms with Gasteiger partial charge in [0, 0.05) is 10.6 Å². The van der Waals surface area contributed by atoms with Gasteiger partial charge in [0.15, 0.2) is 5.65 Å². The van der Waals surface area contributed by atoms with E-state index in [9.17, 15) is 13.2 Å². The molecule has 0 fully saturated rings. The summed E-state index contributed by atoms with van der Waals surface area (Å²) < 4.78 is 45.4. The Morgan fingerprint density at radius 1 is 1.19 bits per heavy atom. The number of anilines is 1. The SMILES string of the molecule is FC(F)(F)c1nnc2ccc(NC3CCCOc4cc(Cl)ccc43)nn12. The molecule has 10 heteroatoms. The molecule has 0 spiro atoms. The number of aromatic nitrogens is 4. The maximum Gasteiger partial charge on any atom is 0.453 e. The van der Waals surface area contributed by atoms with E-state index >= 15 is 0 Å². The predicted octanol–water partition coefficient (Wildman–Crippen LogP) is 4.12. The number of ether oxygens (including phenoxy) is 1. The average molecular weight is 384 g/mol. The van der Waals surface area contributed by atoms with Gasteiger partial charge in [-0.2, -0.15) is 17.7 Å². The fourth-order valence-electron chi connectivity index (χ4n) is 2.92. The first kappa shape index (κ1) is 16.9. The van der Waals surface area contributed by atoms with Crippen molar-refractivity contribution in [2.24, 2.45) is 0 Å². The van der Waals surface area contributed by atoms with E-state index in [-0.39, 0.29) is 17.5 Å². The normalized spacial score (nSPS) is 17.5. The molecule has 0 aliphatic carbocycles. The van der Waals surface area contributed by atoms with Crippen LogP contribution in [0.3, 0.4) is 0 Å². The molecule has 3 heterocycles. The highest BCUT2D eigenvalue weighted by molar-refractivity contribution is 6.30. The van der Waals surface area contributed by atoms with Gasteiger partial charge in [-0.05, 0) is 37.1 Å². The van der Waals surface area contributed by atoms with Crippen molar-refractivity contribution < 1.29 is 17.9 Å². The first-order valence-corrected chi connectivity index (χ1v) is 8.28. The molecule has 136 valence electrons. The van der Waals surface area contributed by atoms with E-state index in [2.05, 4.69) is 20.6 Å². The first-order valence-electron chi connectivity index (χ1n) is 7.90. The van der Waals surface area contributed by atoms with Gasteiger partial charge in [0.1, 0.15) is 11.6 Å². The molecule has 2 aromatic heterocycles. The van der Waals surface area contributed by atoms with Crippen LogP contribution in [0.1, 0.15) is 30.3 Å². The lowest BCUT2D eigenvalue weighted by Gasteiger charge is -2.19. The Morgan fingerprint density at radius 2 is 2.04 bits per heavy atom.